The van der Waals surface area contributed by atoms with E-state index < -0.39 is 0 Å². The number of thioether (sulfide) groups is 1. The van der Waals surface area contributed by atoms with Crippen LogP contribution in [-0.2, 0) is 0 Å². The van der Waals surface area contributed by atoms with Crippen molar-refractivity contribution < 1.29 is 0 Å². The molecule has 0 radical (unpaired) electrons. The van der Waals surface area contributed by atoms with Gasteiger partial charge in [-0.3, -0.25) is 0 Å². The van der Waals surface area contributed by atoms with E-state index in [1.54, 1.807) is 19.2 Å². The normalized spacial score (nSPS) is 9.37. The van der Waals surface area contributed by atoms with E-state index in [0.29, 0.717) is 17.1 Å². The average Bonchev–Trinajstić information content (AvgIpc) is 2.38. The summed E-state index contributed by atoms with van der Waals surface area (Å²) in [5.41, 5.74) is 0.00906. The standard InChI is InChI=1S/C11H13N7S/c1-7(2)15-10-16-9(14-3)17-11(18-10)19-6-8(4-12)5-13/h6-7H,1-3H3,(H2,14,15,16,17,18). The van der Waals surface area contributed by atoms with E-state index in [9.17, 15) is 0 Å². The molecule has 0 aromatic carbocycles. The average molecular weight is 275 g/mol. The zero-order valence-electron chi connectivity index (χ0n) is 10.8. The first-order valence-electron chi connectivity index (χ1n) is 5.46. The summed E-state index contributed by atoms with van der Waals surface area (Å²) in [6, 6.07) is 3.74. The molecule has 1 rings (SSSR count). The molecule has 0 atom stereocenters. The summed E-state index contributed by atoms with van der Waals surface area (Å²) in [7, 11) is 1.70. The summed E-state index contributed by atoms with van der Waals surface area (Å²) in [6.45, 7) is 3.94. The lowest BCUT2D eigenvalue weighted by molar-refractivity contribution is 0.838. The molecular weight excluding hydrogens is 262 g/mol. The Morgan fingerprint density at radius 2 is 1.84 bits per heavy atom. The minimum Gasteiger partial charge on any atom is -0.357 e. The second kappa shape index (κ2) is 7.19. The Kier molecular flexibility index (Phi) is 5.58. The van der Waals surface area contributed by atoms with Crippen LogP contribution in [0.2, 0.25) is 0 Å². The second-order valence-corrected chi connectivity index (χ2v) is 4.52. The van der Waals surface area contributed by atoms with E-state index in [4.69, 9.17) is 10.5 Å². The van der Waals surface area contributed by atoms with Crippen LogP contribution in [0.5, 0.6) is 0 Å². The molecule has 0 amide bonds. The van der Waals surface area contributed by atoms with Crippen molar-refractivity contribution in [1.29, 1.82) is 10.5 Å². The first-order chi connectivity index (χ1) is 9.08. The van der Waals surface area contributed by atoms with Crippen molar-refractivity contribution in [3.8, 4) is 12.1 Å². The summed E-state index contributed by atoms with van der Waals surface area (Å²) >= 11 is 1.10. The zero-order chi connectivity index (χ0) is 14.3. The van der Waals surface area contributed by atoms with Crippen molar-refractivity contribution in [1.82, 2.24) is 15.0 Å². The molecule has 2 N–H and O–H groups in total. The van der Waals surface area contributed by atoms with Crippen LogP contribution in [-0.4, -0.2) is 28.0 Å². The number of nitriles is 2. The van der Waals surface area contributed by atoms with Gasteiger partial charge in [-0.2, -0.15) is 25.5 Å². The highest BCUT2D eigenvalue weighted by Gasteiger charge is 2.06. The summed E-state index contributed by atoms with van der Waals surface area (Å²) in [6.07, 6.45) is 0. The predicted octanol–water partition coefficient (Wildman–Crippen LogP) is 1.76. The van der Waals surface area contributed by atoms with Gasteiger partial charge in [-0.1, -0.05) is 11.8 Å². The molecular formula is C11H13N7S. The van der Waals surface area contributed by atoms with Gasteiger partial charge in [0, 0.05) is 18.5 Å². The molecule has 8 heteroatoms. The van der Waals surface area contributed by atoms with E-state index in [0.717, 1.165) is 11.8 Å². The number of nitrogens with one attached hydrogen (secondary N) is 2. The quantitative estimate of drug-likeness (QED) is 0.617. The number of nitrogens with zero attached hydrogens (tertiary/aromatic N) is 5. The lowest BCUT2D eigenvalue weighted by Crippen LogP contribution is -2.14. The molecule has 0 unspecified atom stereocenters. The number of hydrogen-bond acceptors (Lipinski definition) is 8. The number of rotatable bonds is 5. The maximum Gasteiger partial charge on any atom is 0.228 e. The van der Waals surface area contributed by atoms with E-state index in [2.05, 4.69) is 25.6 Å². The fraction of sp³-hybridized carbons (Fsp3) is 0.364. The van der Waals surface area contributed by atoms with E-state index in [-0.39, 0.29) is 11.6 Å². The van der Waals surface area contributed by atoms with E-state index in [1.807, 2.05) is 13.8 Å². The van der Waals surface area contributed by atoms with Crippen LogP contribution < -0.4 is 10.6 Å². The molecule has 1 aromatic rings. The maximum absolute atomic E-state index is 8.65. The van der Waals surface area contributed by atoms with Crippen LogP contribution in [0.4, 0.5) is 11.9 Å². The molecule has 0 saturated heterocycles. The van der Waals surface area contributed by atoms with Crippen molar-refractivity contribution in [2.45, 2.75) is 25.0 Å². The highest BCUT2D eigenvalue weighted by molar-refractivity contribution is 8.02. The number of anilines is 2. The van der Waals surface area contributed by atoms with Crippen molar-refractivity contribution in [2.24, 2.45) is 0 Å². The SMILES string of the molecule is CNc1nc(NC(C)C)nc(SC=C(C#N)C#N)n1. The third kappa shape index (κ3) is 4.82. The molecule has 0 aliphatic rings. The van der Waals surface area contributed by atoms with Gasteiger partial charge in [-0.15, -0.1) is 0 Å². The smallest absolute Gasteiger partial charge is 0.228 e. The molecule has 0 bridgehead atoms. The fourth-order valence-corrected chi connectivity index (χ4v) is 1.64. The highest BCUT2D eigenvalue weighted by atomic mass is 32.2. The van der Waals surface area contributed by atoms with Gasteiger partial charge in [0.25, 0.3) is 0 Å². The lowest BCUT2D eigenvalue weighted by Gasteiger charge is -2.09. The second-order valence-electron chi connectivity index (χ2n) is 3.69. The summed E-state index contributed by atoms with van der Waals surface area (Å²) < 4.78 is 0. The zero-order valence-corrected chi connectivity index (χ0v) is 11.6. The third-order valence-corrected chi connectivity index (χ3v) is 2.53. The van der Waals surface area contributed by atoms with Crippen LogP contribution in [0.25, 0.3) is 0 Å². The largest absolute Gasteiger partial charge is 0.357 e. The Balaban J connectivity index is 2.98. The van der Waals surface area contributed by atoms with Crippen molar-refractivity contribution in [2.75, 3.05) is 17.7 Å². The minimum atomic E-state index is 0.00906. The summed E-state index contributed by atoms with van der Waals surface area (Å²) in [4.78, 5) is 12.5. The van der Waals surface area contributed by atoms with Crippen LogP contribution in [0.3, 0.4) is 0 Å². The third-order valence-electron chi connectivity index (χ3n) is 1.78. The molecule has 1 heterocycles. The van der Waals surface area contributed by atoms with Gasteiger partial charge < -0.3 is 10.6 Å². The topological polar surface area (TPSA) is 110 Å². The molecule has 0 spiro atoms. The molecule has 0 aliphatic heterocycles. The number of allylic oxidation sites excluding steroid dienone is 1. The van der Waals surface area contributed by atoms with Gasteiger partial charge in [0.15, 0.2) is 5.16 Å². The summed E-state index contributed by atoms with van der Waals surface area (Å²) in [5, 5.41) is 25.0. The number of hydrogen-bond donors (Lipinski definition) is 2. The van der Waals surface area contributed by atoms with Gasteiger partial charge in [0.1, 0.15) is 17.7 Å². The molecule has 0 saturated carbocycles. The Morgan fingerprint density at radius 3 is 2.37 bits per heavy atom. The van der Waals surface area contributed by atoms with Gasteiger partial charge in [-0.05, 0) is 13.8 Å². The number of aromatic nitrogens is 3. The van der Waals surface area contributed by atoms with E-state index in [1.165, 1.54) is 5.41 Å². The molecule has 1 aromatic heterocycles. The van der Waals surface area contributed by atoms with Crippen LogP contribution in [0.15, 0.2) is 16.1 Å². The molecule has 0 fully saturated rings. The van der Waals surface area contributed by atoms with Crippen LogP contribution in [0, 0.1) is 22.7 Å². The predicted molar refractivity (Wildman–Crippen MR) is 73.3 cm³/mol. The maximum atomic E-state index is 8.65. The molecule has 7 nitrogen and oxygen atoms in total. The van der Waals surface area contributed by atoms with Crippen molar-refractivity contribution >= 4 is 23.7 Å². The fourth-order valence-electron chi connectivity index (χ4n) is 1.03. The van der Waals surface area contributed by atoms with Gasteiger partial charge in [0.05, 0.1) is 0 Å². The van der Waals surface area contributed by atoms with Crippen LogP contribution in [0.1, 0.15) is 13.8 Å². The Labute approximate surface area is 115 Å². The molecule has 0 aliphatic carbocycles. The van der Waals surface area contributed by atoms with Crippen LogP contribution >= 0.6 is 11.8 Å². The Hall–Kier alpha value is -2.32. The van der Waals surface area contributed by atoms with E-state index >= 15 is 0 Å². The minimum absolute atomic E-state index is 0.00906. The molecule has 98 valence electrons. The van der Waals surface area contributed by atoms with Gasteiger partial charge >= 0.3 is 0 Å². The van der Waals surface area contributed by atoms with Crippen molar-refractivity contribution in [3.05, 3.63) is 11.0 Å². The van der Waals surface area contributed by atoms with Gasteiger partial charge in [-0.25, -0.2) is 0 Å². The molecule has 19 heavy (non-hydrogen) atoms. The Bertz CT molecular complexity index is 537. The first kappa shape index (κ1) is 14.7. The first-order valence-corrected chi connectivity index (χ1v) is 6.34. The summed E-state index contributed by atoms with van der Waals surface area (Å²) in [5.74, 6) is 0.866. The lowest BCUT2D eigenvalue weighted by atomic mass is 10.4. The monoisotopic (exact) mass is 275 g/mol. The van der Waals surface area contributed by atoms with Crippen molar-refractivity contribution in [3.63, 3.8) is 0 Å². The van der Waals surface area contributed by atoms with Gasteiger partial charge in [0.2, 0.25) is 11.9 Å². The Morgan fingerprint density at radius 1 is 1.21 bits per heavy atom. The highest BCUT2D eigenvalue weighted by Crippen LogP contribution is 2.19.